The van der Waals surface area contributed by atoms with E-state index in [0.717, 1.165) is 36.5 Å². The fourth-order valence-electron chi connectivity index (χ4n) is 3.51. The van der Waals surface area contributed by atoms with Gasteiger partial charge in [0, 0.05) is 0 Å². The third-order valence-corrected chi connectivity index (χ3v) is 18.3. The Labute approximate surface area is 325 Å². The largest absolute Gasteiger partial charge is 0.543 e. The van der Waals surface area contributed by atoms with Crippen molar-refractivity contribution >= 4 is 66.6 Å². The number of hydrogen-bond acceptors (Lipinski definition) is 8. The summed E-state index contributed by atoms with van der Waals surface area (Å²) in [6.45, 7) is 32.3. The molecule has 2 aromatic rings. The Morgan fingerprint density at radius 3 is 1.47 bits per heavy atom. The summed E-state index contributed by atoms with van der Waals surface area (Å²) in [7, 11) is -3.83. The minimum atomic E-state index is -2.04. The molecule has 0 unspecified atom stereocenters. The zero-order chi connectivity index (χ0) is 40.0. The molecule has 0 heterocycles. The molecule has 2 amide bonds. The SMILES string of the molecule is CC(C)(C)OC(=O)NC(=N)N(Cc1ccc(O[Si](C)(C)C(C)(C)C)c(Br)c1)C(=O)OC(C)(C)C.CC(C)(C)[Si](C)(C)Oc1ccc(CO)cc1Br. The maximum Gasteiger partial charge on any atom is 0.417 e. The van der Waals surface area contributed by atoms with Gasteiger partial charge in [-0.1, -0.05) is 53.7 Å². The number of alkyl carbamates (subject to hydrolysis) is 1. The first-order chi connectivity index (χ1) is 22.8. The molecule has 0 fully saturated rings. The number of amides is 2. The number of aliphatic hydroxyl groups is 1. The number of ether oxygens (including phenoxy) is 2. The first-order valence-electron chi connectivity index (χ1n) is 16.9. The van der Waals surface area contributed by atoms with Gasteiger partial charge in [0.15, 0.2) is 0 Å². The number of carbonyl (C=O) groups is 2. The Kier molecular flexibility index (Phi) is 16.1. The van der Waals surface area contributed by atoms with E-state index in [1.54, 1.807) is 41.5 Å². The topological polar surface area (TPSA) is 130 Å². The van der Waals surface area contributed by atoms with E-state index in [0.29, 0.717) is 0 Å². The lowest BCUT2D eigenvalue weighted by atomic mass is 10.2. The van der Waals surface area contributed by atoms with Crippen molar-refractivity contribution in [3.63, 3.8) is 0 Å². The van der Waals surface area contributed by atoms with Gasteiger partial charge in [0.2, 0.25) is 5.96 Å². The summed E-state index contributed by atoms with van der Waals surface area (Å²) in [5.74, 6) is 1.15. The van der Waals surface area contributed by atoms with Gasteiger partial charge in [-0.3, -0.25) is 10.7 Å². The minimum absolute atomic E-state index is 0.00250. The molecular weight excluding hydrogens is 814 g/mol. The molecule has 0 aliphatic heterocycles. The van der Waals surface area contributed by atoms with Crippen molar-refractivity contribution in [3.05, 3.63) is 56.5 Å². The minimum Gasteiger partial charge on any atom is -0.543 e. The molecule has 2 aromatic carbocycles. The Morgan fingerprint density at radius 2 is 1.12 bits per heavy atom. The summed E-state index contributed by atoms with van der Waals surface area (Å²) in [5, 5.41) is 19.9. The third kappa shape index (κ3) is 15.6. The molecule has 0 atom stereocenters. The van der Waals surface area contributed by atoms with Crippen molar-refractivity contribution in [2.24, 2.45) is 0 Å². The zero-order valence-electron chi connectivity index (χ0n) is 33.5. The van der Waals surface area contributed by atoms with E-state index in [2.05, 4.69) is 105 Å². The fraction of sp³-hybridized carbons (Fsp3) is 0.595. The standard InChI is InChI=1S/C24H40BrN3O5Si.C13H21BrO2Si/c1-22(2,3)31-20(29)27-19(26)28(21(30)32-23(4,5)6)15-16-12-13-18(17(25)14-16)33-34(10,11)24(7,8)9;1-13(2,3)17(4,5)16-12-7-6-10(9-15)8-11(12)14/h12-14H,15H2,1-11H3,(H2,26,27,29);6-8,15H,9H2,1-5H3. The van der Waals surface area contributed by atoms with E-state index in [1.165, 1.54) is 0 Å². The molecule has 0 saturated carbocycles. The van der Waals surface area contributed by atoms with E-state index >= 15 is 0 Å². The summed E-state index contributed by atoms with van der Waals surface area (Å²) in [4.78, 5) is 26.1. The van der Waals surface area contributed by atoms with Crippen molar-refractivity contribution in [1.29, 1.82) is 5.41 Å². The molecule has 0 spiro atoms. The predicted molar refractivity (Wildman–Crippen MR) is 219 cm³/mol. The first-order valence-corrected chi connectivity index (χ1v) is 24.3. The van der Waals surface area contributed by atoms with E-state index in [-0.39, 0.29) is 23.2 Å². The lowest BCUT2D eigenvalue weighted by Gasteiger charge is -2.36. The van der Waals surface area contributed by atoms with Crippen LogP contribution in [0, 0.1) is 5.41 Å². The summed E-state index contributed by atoms with van der Waals surface area (Å²) in [6, 6.07) is 11.2. The van der Waals surface area contributed by atoms with Gasteiger partial charge in [0.1, 0.15) is 22.7 Å². The van der Waals surface area contributed by atoms with Crippen LogP contribution in [-0.4, -0.2) is 56.0 Å². The molecule has 2 rings (SSSR count). The number of guanidine groups is 1. The van der Waals surface area contributed by atoms with E-state index in [1.807, 2.05) is 36.4 Å². The smallest absolute Gasteiger partial charge is 0.417 e. The molecule has 0 aromatic heterocycles. The fourth-order valence-corrected chi connectivity index (χ4v) is 6.89. The lowest BCUT2D eigenvalue weighted by molar-refractivity contribution is 0.0346. The van der Waals surface area contributed by atoms with Gasteiger partial charge in [-0.15, -0.1) is 0 Å². The van der Waals surface area contributed by atoms with Crippen LogP contribution < -0.4 is 14.2 Å². The number of carbonyl (C=O) groups excluding carboxylic acids is 2. The van der Waals surface area contributed by atoms with Crippen LogP contribution in [0.3, 0.4) is 0 Å². The summed E-state index contributed by atoms with van der Waals surface area (Å²) in [6.07, 6.45) is -1.59. The highest BCUT2D eigenvalue weighted by Crippen LogP contribution is 2.40. The molecule has 10 nitrogen and oxygen atoms in total. The van der Waals surface area contributed by atoms with E-state index in [9.17, 15) is 9.59 Å². The van der Waals surface area contributed by atoms with Crippen LogP contribution in [0.1, 0.15) is 94.2 Å². The molecule has 0 radical (unpaired) electrons. The molecule has 51 heavy (non-hydrogen) atoms. The molecular formula is C37H61Br2N3O7Si2. The summed E-state index contributed by atoms with van der Waals surface area (Å²) < 4.78 is 24.9. The van der Waals surface area contributed by atoms with Crippen LogP contribution in [0.5, 0.6) is 11.5 Å². The monoisotopic (exact) mass is 873 g/mol. The van der Waals surface area contributed by atoms with E-state index in [4.69, 9.17) is 28.8 Å². The van der Waals surface area contributed by atoms with Crippen LogP contribution in [0.25, 0.3) is 0 Å². The van der Waals surface area contributed by atoms with Gasteiger partial charge in [-0.2, -0.15) is 0 Å². The highest BCUT2D eigenvalue weighted by molar-refractivity contribution is 9.11. The maximum absolute atomic E-state index is 12.9. The summed E-state index contributed by atoms with van der Waals surface area (Å²) >= 11 is 7.07. The van der Waals surface area contributed by atoms with Gasteiger partial charge < -0.3 is 23.4 Å². The number of rotatable bonds is 7. The second kappa shape index (κ2) is 17.6. The van der Waals surface area contributed by atoms with Gasteiger partial charge in [-0.25, -0.2) is 14.5 Å². The Morgan fingerprint density at radius 1 is 0.725 bits per heavy atom. The van der Waals surface area contributed by atoms with Crippen LogP contribution in [0.4, 0.5) is 9.59 Å². The van der Waals surface area contributed by atoms with Crippen molar-refractivity contribution in [2.75, 3.05) is 0 Å². The number of aliphatic hydroxyl groups excluding tert-OH is 1. The number of nitrogens with one attached hydrogen (secondary N) is 2. The van der Waals surface area contributed by atoms with Gasteiger partial charge >= 0.3 is 12.2 Å². The van der Waals surface area contributed by atoms with Gasteiger partial charge in [0.05, 0.1) is 22.1 Å². The number of halogens is 2. The maximum atomic E-state index is 12.9. The number of hydrogen-bond donors (Lipinski definition) is 3. The normalized spacial score (nSPS) is 12.6. The molecule has 288 valence electrons. The van der Waals surface area contributed by atoms with Crippen molar-refractivity contribution in [3.8, 4) is 11.5 Å². The third-order valence-electron chi connectivity index (χ3n) is 8.36. The van der Waals surface area contributed by atoms with Crippen LogP contribution >= 0.6 is 31.9 Å². The highest BCUT2D eigenvalue weighted by Gasteiger charge is 2.40. The molecule has 14 heteroatoms. The Bertz CT molecular complexity index is 1520. The number of nitrogens with zero attached hydrogens (tertiary/aromatic N) is 1. The van der Waals surface area contributed by atoms with E-state index < -0.39 is 46.0 Å². The zero-order valence-corrected chi connectivity index (χ0v) is 38.7. The molecule has 0 aliphatic carbocycles. The first kappa shape index (κ1) is 46.6. The van der Waals surface area contributed by atoms with Crippen LogP contribution in [0.2, 0.25) is 36.3 Å². The Hall–Kier alpha value is -2.40. The van der Waals surface area contributed by atoms with Gasteiger partial charge in [0.25, 0.3) is 16.6 Å². The van der Waals surface area contributed by atoms with Crippen molar-refractivity contribution in [1.82, 2.24) is 10.2 Å². The lowest BCUT2D eigenvalue weighted by Crippen LogP contribution is -2.49. The van der Waals surface area contributed by atoms with Crippen LogP contribution in [-0.2, 0) is 22.6 Å². The number of benzene rings is 2. The summed E-state index contributed by atoms with van der Waals surface area (Å²) in [5.41, 5.74) is 0.0880. The Balaban J connectivity index is 0.000000637. The average Bonchev–Trinajstić information content (AvgIpc) is 2.91. The highest BCUT2D eigenvalue weighted by atomic mass is 79.9. The van der Waals surface area contributed by atoms with Crippen LogP contribution in [0.15, 0.2) is 45.3 Å². The molecule has 0 saturated heterocycles. The van der Waals surface area contributed by atoms with Crippen molar-refractivity contribution in [2.45, 2.75) is 144 Å². The average molecular weight is 876 g/mol. The van der Waals surface area contributed by atoms with Crippen molar-refractivity contribution < 1.29 is 33.0 Å². The second-order valence-electron chi connectivity index (χ2n) is 17.5. The molecule has 3 N–H and O–H groups in total. The predicted octanol–water partition coefficient (Wildman–Crippen LogP) is 11.4. The quantitative estimate of drug-likeness (QED) is 0.143. The molecule has 0 aliphatic rings. The van der Waals surface area contributed by atoms with Gasteiger partial charge in [-0.05, 0) is 145 Å². The molecule has 0 bridgehead atoms. The second-order valence-corrected chi connectivity index (χ2v) is 28.6.